The number of hydrogen-bond acceptors (Lipinski definition) is 2. The van der Waals surface area contributed by atoms with Gasteiger partial charge in [0.25, 0.3) is 0 Å². The molecule has 0 spiro atoms. The summed E-state index contributed by atoms with van der Waals surface area (Å²) in [6, 6.07) is 0. The minimum Gasteiger partial charge on any atom is -0.481 e. The van der Waals surface area contributed by atoms with Crippen LogP contribution in [0.25, 0.3) is 0 Å². The molecule has 1 saturated heterocycles. The smallest absolute Gasteiger partial charge is 0.303 e. The molecule has 12 heavy (non-hydrogen) atoms. The van der Waals surface area contributed by atoms with E-state index in [4.69, 9.17) is 5.11 Å². The molecule has 1 aliphatic rings. The van der Waals surface area contributed by atoms with Gasteiger partial charge in [-0.2, -0.15) is 0 Å². The summed E-state index contributed by atoms with van der Waals surface area (Å²) in [5.74, 6) is -0.728. The van der Waals surface area contributed by atoms with E-state index in [1.807, 2.05) is 0 Å². The predicted octanol–water partition coefficient (Wildman–Crippen LogP) is 0.474. The SMILES string of the molecule is O=C(O)CCCC(=O)N1CCC1. The third-order valence-electron chi connectivity index (χ3n) is 1.99. The van der Waals surface area contributed by atoms with Crippen molar-refractivity contribution in [1.29, 1.82) is 0 Å². The highest BCUT2D eigenvalue weighted by atomic mass is 16.4. The van der Waals surface area contributed by atoms with Gasteiger partial charge in [-0.15, -0.1) is 0 Å². The molecule has 0 radical (unpaired) electrons. The predicted molar refractivity (Wildman–Crippen MR) is 42.7 cm³/mol. The molecular weight excluding hydrogens is 158 g/mol. The monoisotopic (exact) mass is 171 g/mol. The Balaban J connectivity index is 2.05. The van der Waals surface area contributed by atoms with Crippen molar-refractivity contribution in [2.75, 3.05) is 13.1 Å². The Morgan fingerprint density at radius 3 is 2.33 bits per heavy atom. The average molecular weight is 171 g/mol. The van der Waals surface area contributed by atoms with Crippen LogP contribution in [-0.4, -0.2) is 35.0 Å². The first-order valence-electron chi connectivity index (χ1n) is 4.20. The Labute approximate surface area is 71.2 Å². The molecule has 1 rings (SSSR count). The minimum absolute atomic E-state index is 0.0968. The minimum atomic E-state index is -0.827. The Morgan fingerprint density at radius 2 is 1.92 bits per heavy atom. The van der Waals surface area contributed by atoms with E-state index in [0.29, 0.717) is 12.8 Å². The van der Waals surface area contributed by atoms with Gasteiger partial charge < -0.3 is 10.0 Å². The molecule has 0 aromatic rings. The lowest BCUT2D eigenvalue weighted by molar-refractivity contribution is -0.137. The first kappa shape index (κ1) is 9.03. The van der Waals surface area contributed by atoms with Gasteiger partial charge in [-0.05, 0) is 12.8 Å². The molecule has 0 atom stereocenters. The molecule has 1 heterocycles. The molecule has 0 saturated carbocycles. The molecule has 0 unspecified atom stereocenters. The van der Waals surface area contributed by atoms with Gasteiger partial charge in [0, 0.05) is 25.9 Å². The molecule has 0 aromatic carbocycles. The Kier molecular flexibility index (Phi) is 3.08. The van der Waals surface area contributed by atoms with Crippen molar-refractivity contribution in [3.63, 3.8) is 0 Å². The standard InChI is InChI=1S/C8H13NO3/c10-7(9-5-2-6-9)3-1-4-8(11)12/h1-6H2,(H,11,12). The van der Waals surface area contributed by atoms with Crippen molar-refractivity contribution in [3.05, 3.63) is 0 Å². The third kappa shape index (κ3) is 2.53. The van der Waals surface area contributed by atoms with E-state index >= 15 is 0 Å². The normalized spacial score (nSPS) is 15.5. The van der Waals surface area contributed by atoms with Crippen molar-refractivity contribution in [2.24, 2.45) is 0 Å². The van der Waals surface area contributed by atoms with Crippen LogP contribution in [0.4, 0.5) is 0 Å². The number of nitrogens with zero attached hydrogens (tertiary/aromatic N) is 1. The highest BCUT2D eigenvalue weighted by Crippen LogP contribution is 2.09. The number of carbonyl (C=O) groups is 2. The fraction of sp³-hybridized carbons (Fsp3) is 0.750. The summed E-state index contributed by atoms with van der Waals surface area (Å²) in [7, 11) is 0. The van der Waals surface area contributed by atoms with Crippen molar-refractivity contribution >= 4 is 11.9 Å². The number of carbonyl (C=O) groups excluding carboxylic acids is 1. The van der Waals surface area contributed by atoms with E-state index in [1.54, 1.807) is 4.90 Å². The van der Waals surface area contributed by atoms with Gasteiger partial charge in [-0.1, -0.05) is 0 Å². The molecule has 1 amide bonds. The van der Waals surface area contributed by atoms with Crippen LogP contribution in [0.3, 0.4) is 0 Å². The van der Waals surface area contributed by atoms with Crippen LogP contribution in [0.5, 0.6) is 0 Å². The summed E-state index contributed by atoms with van der Waals surface area (Å²) in [5.41, 5.74) is 0. The summed E-state index contributed by atoms with van der Waals surface area (Å²) < 4.78 is 0. The zero-order valence-corrected chi connectivity index (χ0v) is 6.95. The molecule has 1 aliphatic heterocycles. The summed E-state index contributed by atoms with van der Waals surface area (Å²) in [6.45, 7) is 1.71. The number of aliphatic carboxylic acids is 1. The van der Waals surface area contributed by atoms with E-state index < -0.39 is 5.97 Å². The Morgan fingerprint density at radius 1 is 1.25 bits per heavy atom. The lowest BCUT2D eigenvalue weighted by Gasteiger charge is -2.30. The summed E-state index contributed by atoms with van der Waals surface area (Å²) in [6.07, 6.45) is 2.03. The first-order chi connectivity index (χ1) is 5.70. The second-order valence-corrected chi connectivity index (χ2v) is 2.98. The lowest BCUT2D eigenvalue weighted by atomic mass is 10.1. The van der Waals surface area contributed by atoms with Gasteiger partial charge in [-0.3, -0.25) is 9.59 Å². The maximum Gasteiger partial charge on any atom is 0.303 e. The van der Waals surface area contributed by atoms with Gasteiger partial charge in [0.2, 0.25) is 5.91 Å². The quantitative estimate of drug-likeness (QED) is 0.669. The van der Waals surface area contributed by atoms with Crippen molar-refractivity contribution < 1.29 is 14.7 Å². The van der Waals surface area contributed by atoms with Crippen LogP contribution >= 0.6 is 0 Å². The molecule has 1 N–H and O–H groups in total. The highest BCUT2D eigenvalue weighted by Gasteiger charge is 2.19. The number of carboxylic acids is 1. The summed E-state index contributed by atoms with van der Waals surface area (Å²) in [5, 5.41) is 8.31. The van der Waals surface area contributed by atoms with E-state index in [-0.39, 0.29) is 12.3 Å². The molecule has 4 nitrogen and oxygen atoms in total. The maximum absolute atomic E-state index is 11.1. The number of amides is 1. The molecule has 0 aromatic heterocycles. The van der Waals surface area contributed by atoms with Crippen LogP contribution in [0, 0.1) is 0 Å². The molecule has 1 fully saturated rings. The van der Waals surface area contributed by atoms with E-state index in [0.717, 1.165) is 19.5 Å². The maximum atomic E-state index is 11.1. The van der Waals surface area contributed by atoms with Gasteiger partial charge >= 0.3 is 5.97 Å². The zero-order valence-electron chi connectivity index (χ0n) is 6.95. The van der Waals surface area contributed by atoms with Crippen LogP contribution in [0.15, 0.2) is 0 Å². The molecule has 68 valence electrons. The second-order valence-electron chi connectivity index (χ2n) is 2.98. The Hall–Kier alpha value is -1.06. The van der Waals surface area contributed by atoms with Crippen LogP contribution < -0.4 is 0 Å². The topological polar surface area (TPSA) is 57.6 Å². The number of rotatable bonds is 4. The Bertz CT molecular complexity index is 187. The van der Waals surface area contributed by atoms with Crippen LogP contribution in [0.1, 0.15) is 25.7 Å². The average Bonchev–Trinajstić information content (AvgIpc) is 1.81. The van der Waals surface area contributed by atoms with E-state index in [2.05, 4.69) is 0 Å². The van der Waals surface area contributed by atoms with Crippen LogP contribution in [-0.2, 0) is 9.59 Å². The zero-order chi connectivity index (χ0) is 8.97. The van der Waals surface area contributed by atoms with Crippen molar-refractivity contribution in [3.8, 4) is 0 Å². The molecule has 4 heteroatoms. The van der Waals surface area contributed by atoms with E-state index in [9.17, 15) is 9.59 Å². The lowest BCUT2D eigenvalue weighted by Crippen LogP contribution is -2.41. The van der Waals surface area contributed by atoms with Crippen molar-refractivity contribution in [2.45, 2.75) is 25.7 Å². The highest BCUT2D eigenvalue weighted by molar-refractivity contribution is 5.77. The van der Waals surface area contributed by atoms with Gasteiger partial charge in [0.05, 0.1) is 0 Å². The van der Waals surface area contributed by atoms with Gasteiger partial charge in [0.15, 0.2) is 0 Å². The van der Waals surface area contributed by atoms with Gasteiger partial charge in [-0.25, -0.2) is 0 Å². The molecule has 0 aliphatic carbocycles. The fourth-order valence-electron chi connectivity index (χ4n) is 1.11. The summed E-state index contributed by atoms with van der Waals surface area (Å²) in [4.78, 5) is 23.0. The van der Waals surface area contributed by atoms with Crippen LogP contribution in [0.2, 0.25) is 0 Å². The number of carboxylic acid groups (broad SMARTS) is 1. The fourth-order valence-corrected chi connectivity index (χ4v) is 1.11. The first-order valence-corrected chi connectivity index (χ1v) is 4.20. The molecular formula is C8H13NO3. The molecule has 0 bridgehead atoms. The van der Waals surface area contributed by atoms with Gasteiger partial charge in [0.1, 0.15) is 0 Å². The number of hydrogen-bond donors (Lipinski definition) is 1. The van der Waals surface area contributed by atoms with E-state index in [1.165, 1.54) is 0 Å². The second kappa shape index (κ2) is 4.09. The van der Waals surface area contributed by atoms with Crippen molar-refractivity contribution in [1.82, 2.24) is 4.90 Å². The third-order valence-corrected chi connectivity index (χ3v) is 1.99. The largest absolute Gasteiger partial charge is 0.481 e. The number of likely N-dealkylation sites (tertiary alicyclic amines) is 1. The summed E-state index contributed by atoms with van der Waals surface area (Å²) >= 11 is 0.